The quantitative estimate of drug-likeness (QED) is 0.583. The average molecular weight is 266 g/mol. The third-order valence-electron chi connectivity index (χ3n) is 4.72. The van der Waals surface area contributed by atoms with Gasteiger partial charge in [-0.3, -0.25) is 0 Å². The molecule has 0 fully saturated rings. The summed E-state index contributed by atoms with van der Waals surface area (Å²) in [4.78, 5) is 0. The molecule has 21 heavy (non-hydrogen) atoms. The van der Waals surface area contributed by atoms with E-state index in [0.29, 0.717) is 5.92 Å². The van der Waals surface area contributed by atoms with Crippen LogP contribution in [0, 0.1) is 0 Å². The molecule has 0 saturated carbocycles. The van der Waals surface area contributed by atoms with Gasteiger partial charge >= 0.3 is 0 Å². The van der Waals surface area contributed by atoms with E-state index in [4.69, 9.17) is 0 Å². The highest BCUT2D eigenvalue weighted by molar-refractivity contribution is 5.92. The van der Waals surface area contributed by atoms with Crippen LogP contribution in [0.5, 0.6) is 0 Å². The molecule has 0 bridgehead atoms. The van der Waals surface area contributed by atoms with Crippen molar-refractivity contribution in [2.45, 2.75) is 5.92 Å². The normalized spacial score (nSPS) is 18.1. The number of allylic oxidation sites excluding steroid dienone is 1. The van der Waals surface area contributed by atoms with E-state index in [-0.39, 0.29) is 0 Å². The molecular formula is C21H14. The summed E-state index contributed by atoms with van der Waals surface area (Å²) in [5, 5.41) is 5.48. The molecule has 0 amide bonds. The fraction of sp³-hybridized carbons (Fsp3) is 0.0476. The van der Waals surface area contributed by atoms with Crippen molar-refractivity contribution in [3.63, 3.8) is 0 Å². The Hall–Kier alpha value is -2.60. The Morgan fingerprint density at radius 3 is 2.57 bits per heavy atom. The molecule has 0 N–H and O–H groups in total. The maximum absolute atomic E-state index is 2.44. The molecule has 0 heterocycles. The summed E-state index contributed by atoms with van der Waals surface area (Å²) in [6.07, 6.45) is 6.98. The fourth-order valence-corrected chi connectivity index (χ4v) is 3.73. The first-order valence-electron chi connectivity index (χ1n) is 7.43. The van der Waals surface area contributed by atoms with Gasteiger partial charge in [0.25, 0.3) is 0 Å². The minimum absolute atomic E-state index is 0.409. The molecular weight excluding hydrogens is 252 g/mol. The summed E-state index contributed by atoms with van der Waals surface area (Å²) in [5.41, 5.74) is 4.21. The predicted octanol–water partition coefficient (Wildman–Crippen LogP) is 3.60. The van der Waals surface area contributed by atoms with Crippen LogP contribution in [0.3, 0.4) is 0 Å². The van der Waals surface area contributed by atoms with Gasteiger partial charge < -0.3 is 0 Å². The van der Waals surface area contributed by atoms with Crippen LogP contribution in [0.1, 0.15) is 17.0 Å². The van der Waals surface area contributed by atoms with Gasteiger partial charge in [0.2, 0.25) is 0 Å². The minimum Gasteiger partial charge on any atom is -0.0641 e. The number of benzene rings is 3. The Balaban J connectivity index is 1.93. The Morgan fingerprint density at radius 1 is 0.714 bits per heavy atom. The van der Waals surface area contributed by atoms with Crippen LogP contribution < -0.4 is 10.4 Å². The monoisotopic (exact) mass is 266 g/mol. The largest absolute Gasteiger partial charge is 0.0641 e. The molecule has 0 aromatic heterocycles. The second-order valence-electron chi connectivity index (χ2n) is 5.81. The van der Waals surface area contributed by atoms with Crippen LogP contribution in [0.15, 0.2) is 66.7 Å². The third-order valence-corrected chi connectivity index (χ3v) is 4.72. The summed E-state index contributed by atoms with van der Waals surface area (Å²) in [6.45, 7) is 0. The zero-order valence-electron chi connectivity index (χ0n) is 11.6. The van der Waals surface area contributed by atoms with E-state index in [1.165, 1.54) is 37.9 Å². The molecule has 2 aliphatic carbocycles. The number of hydrogen-bond acceptors (Lipinski definition) is 0. The van der Waals surface area contributed by atoms with Crippen LogP contribution in [-0.2, 0) is 0 Å². The molecule has 0 spiro atoms. The first-order chi connectivity index (χ1) is 10.4. The molecule has 0 heteroatoms. The van der Waals surface area contributed by atoms with Crippen molar-refractivity contribution in [1.29, 1.82) is 0 Å². The molecule has 0 nitrogen and oxygen atoms in total. The Morgan fingerprint density at radius 2 is 1.57 bits per heavy atom. The van der Waals surface area contributed by atoms with Crippen molar-refractivity contribution < 1.29 is 0 Å². The minimum atomic E-state index is 0.409. The Kier molecular flexibility index (Phi) is 2.09. The first kappa shape index (κ1) is 11.1. The lowest BCUT2D eigenvalue weighted by Crippen LogP contribution is -2.23. The molecule has 0 aliphatic heterocycles. The van der Waals surface area contributed by atoms with Crippen molar-refractivity contribution in [1.82, 2.24) is 0 Å². The molecule has 1 unspecified atom stereocenters. The zero-order valence-corrected chi connectivity index (χ0v) is 11.6. The van der Waals surface area contributed by atoms with E-state index in [0.717, 1.165) is 0 Å². The van der Waals surface area contributed by atoms with E-state index < -0.39 is 0 Å². The average Bonchev–Trinajstić information content (AvgIpc) is 2.94. The molecule has 5 rings (SSSR count). The van der Waals surface area contributed by atoms with Gasteiger partial charge in [-0.15, -0.1) is 0 Å². The van der Waals surface area contributed by atoms with Gasteiger partial charge in [0.15, 0.2) is 0 Å². The lowest BCUT2D eigenvalue weighted by atomic mass is 9.85. The van der Waals surface area contributed by atoms with Crippen LogP contribution in [0.2, 0.25) is 0 Å². The van der Waals surface area contributed by atoms with Gasteiger partial charge in [0.1, 0.15) is 0 Å². The van der Waals surface area contributed by atoms with E-state index in [9.17, 15) is 0 Å². The number of rotatable bonds is 0. The first-order valence-corrected chi connectivity index (χ1v) is 7.43. The van der Waals surface area contributed by atoms with Gasteiger partial charge in [-0.1, -0.05) is 78.9 Å². The molecule has 1 atom stereocenters. The van der Waals surface area contributed by atoms with Crippen molar-refractivity contribution in [3.05, 3.63) is 88.3 Å². The van der Waals surface area contributed by atoms with Gasteiger partial charge in [0.05, 0.1) is 0 Å². The lowest BCUT2D eigenvalue weighted by Gasteiger charge is -2.19. The van der Waals surface area contributed by atoms with Crippen LogP contribution in [0.25, 0.3) is 28.5 Å². The molecule has 0 saturated heterocycles. The molecule has 98 valence electrons. The summed E-state index contributed by atoms with van der Waals surface area (Å²) in [5.74, 6) is 0.409. The molecule has 3 aromatic rings. The predicted molar refractivity (Wildman–Crippen MR) is 89.3 cm³/mol. The maximum Gasteiger partial charge on any atom is 0.0290 e. The Labute approximate surface area is 123 Å². The topological polar surface area (TPSA) is 0 Å². The van der Waals surface area contributed by atoms with E-state index in [2.05, 4.69) is 78.9 Å². The SMILES string of the molecule is C1=Cc2ccccc2C2C=c3c(ccc4ccccc34)=C12. The molecule has 2 aliphatic rings. The van der Waals surface area contributed by atoms with E-state index in [1.807, 2.05) is 0 Å². The van der Waals surface area contributed by atoms with Crippen LogP contribution >= 0.6 is 0 Å². The van der Waals surface area contributed by atoms with Gasteiger partial charge in [-0.05, 0) is 37.9 Å². The Bertz CT molecular complexity index is 1040. The second kappa shape index (κ2) is 3.95. The smallest absolute Gasteiger partial charge is 0.0290 e. The van der Waals surface area contributed by atoms with E-state index >= 15 is 0 Å². The summed E-state index contributed by atoms with van der Waals surface area (Å²) >= 11 is 0. The van der Waals surface area contributed by atoms with Crippen molar-refractivity contribution >= 4 is 28.5 Å². The fourth-order valence-electron chi connectivity index (χ4n) is 3.73. The molecule has 0 radical (unpaired) electrons. The van der Waals surface area contributed by atoms with Crippen molar-refractivity contribution in [2.75, 3.05) is 0 Å². The summed E-state index contributed by atoms with van der Waals surface area (Å²) in [7, 11) is 0. The highest BCUT2D eigenvalue weighted by Gasteiger charge is 2.23. The highest BCUT2D eigenvalue weighted by atomic mass is 14.3. The van der Waals surface area contributed by atoms with Crippen molar-refractivity contribution in [3.8, 4) is 0 Å². The lowest BCUT2D eigenvalue weighted by molar-refractivity contribution is 1.16. The van der Waals surface area contributed by atoms with E-state index in [1.54, 1.807) is 0 Å². The molecule has 3 aromatic carbocycles. The van der Waals surface area contributed by atoms with Crippen molar-refractivity contribution in [2.24, 2.45) is 0 Å². The second-order valence-corrected chi connectivity index (χ2v) is 5.81. The number of hydrogen-bond donors (Lipinski definition) is 0. The van der Waals surface area contributed by atoms with Crippen LogP contribution in [0.4, 0.5) is 0 Å². The zero-order chi connectivity index (χ0) is 13.8. The summed E-state index contributed by atoms with van der Waals surface area (Å²) < 4.78 is 0. The maximum atomic E-state index is 2.44. The van der Waals surface area contributed by atoms with Crippen LogP contribution in [-0.4, -0.2) is 0 Å². The third kappa shape index (κ3) is 1.45. The van der Waals surface area contributed by atoms with Gasteiger partial charge in [-0.25, -0.2) is 0 Å². The summed E-state index contributed by atoms with van der Waals surface area (Å²) in [6, 6.07) is 21.9. The number of fused-ring (bicyclic) bond motifs is 6. The van der Waals surface area contributed by atoms with Gasteiger partial charge in [0, 0.05) is 5.92 Å². The van der Waals surface area contributed by atoms with Gasteiger partial charge in [-0.2, -0.15) is 0 Å². The highest BCUT2D eigenvalue weighted by Crippen LogP contribution is 2.36. The standard InChI is InChI=1S/C21H14/c1-3-7-16-14(5-1)9-11-18-19-12-10-15-6-2-4-8-17(15)21(19)13-20(16)18/h1-13,20H.